The molecule has 0 heterocycles. The van der Waals surface area contributed by atoms with Crippen molar-refractivity contribution >= 4 is 11.1 Å². The van der Waals surface area contributed by atoms with Crippen molar-refractivity contribution in [3.63, 3.8) is 0 Å². The summed E-state index contributed by atoms with van der Waals surface area (Å²) in [5.41, 5.74) is 2.52. The largest absolute Gasteiger partial charge is 0.381 e. The SMILES string of the molecule is COC1CCC(C2=CC=C(c3ccc(C4=CC=C(C)C(F)C4F)cc3)C(F)C2F)CC1. The number of allylic oxidation sites excluding steroid dienone is 8. The number of hydrogen-bond acceptors (Lipinski definition) is 1. The third kappa shape index (κ3) is 4.30. The van der Waals surface area contributed by atoms with Gasteiger partial charge in [-0.05, 0) is 71.9 Å². The maximum Gasteiger partial charge on any atom is 0.161 e. The van der Waals surface area contributed by atoms with E-state index in [1.54, 1.807) is 62.6 Å². The molecule has 0 aromatic heterocycles. The monoisotopic (exact) mass is 432 g/mol. The van der Waals surface area contributed by atoms with Gasteiger partial charge in [-0.15, -0.1) is 0 Å². The molecule has 1 aromatic rings. The van der Waals surface area contributed by atoms with Crippen molar-refractivity contribution in [1.29, 1.82) is 0 Å². The van der Waals surface area contributed by atoms with Crippen LogP contribution in [0.3, 0.4) is 0 Å². The van der Waals surface area contributed by atoms with E-state index >= 15 is 8.78 Å². The van der Waals surface area contributed by atoms with Crippen LogP contribution >= 0.6 is 0 Å². The highest BCUT2D eigenvalue weighted by molar-refractivity contribution is 5.77. The first-order valence-electron chi connectivity index (χ1n) is 10.9. The molecule has 0 spiro atoms. The van der Waals surface area contributed by atoms with Crippen molar-refractivity contribution in [1.82, 2.24) is 0 Å². The predicted molar refractivity (Wildman–Crippen MR) is 117 cm³/mol. The molecule has 1 nitrogen and oxygen atoms in total. The molecule has 0 saturated heterocycles. The minimum Gasteiger partial charge on any atom is -0.381 e. The molecule has 0 bridgehead atoms. The molecule has 1 saturated carbocycles. The Morgan fingerprint density at radius 1 is 0.677 bits per heavy atom. The Labute approximate surface area is 181 Å². The van der Waals surface area contributed by atoms with Crippen LogP contribution in [0.5, 0.6) is 0 Å². The van der Waals surface area contributed by atoms with Crippen molar-refractivity contribution in [3.05, 3.63) is 70.8 Å². The molecule has 0 radical (unpaired) electrons. The fourth-order valence-corrected chi connectivity index (χ4v) is 4.85. The first kappa shape index (κ1) is 22.1. The number of rotatable bonds is 4. The van der Waals surface area contributed by atoms with Crippen LogP contribution in [0.15, 0.2) is 59.7 Å². The lowest BCUT2D eigenvalue weighted by molar-refractivity contribution is 0.0585. The fraction of sp³-hybridized carbons (Fsp3) is 0.462. The molecule has 0 N–H and O–H groups in total. The van der Waals surface area contributed by atoms with Crippen molar-refractivity contribution in [2.24, 2.45) is 5.92 Å². The molecule has 3 aliphatic carbocycles. The number of benzene rings is 1. The van der Waals surface area contributed by atoms with Crippen LogP contribution in [0, 0.1) is 5.92 Å². The maximum absolute atomic E-state index is 15.0. The van der Waals surface area contributed by atoms with E-state index < -0.39 is 24.7 Å². The zero-order chi connectivity index (χ0) is 22.1. The van der Waals surface area contributed by atoms with Gasteiger partial charge in [0.1, 0.15) is 0 Å². The lowest BCUT2D eigenvalue weighted by Gasteiger charge is -2.33. The molecule has 3 aliphatic rings. The van der Waals surface area contributed by atoms with E-state index in [0.29, 0.717) is 22.3 Å². The number of halogens is 4. The standard InChI is InChI=1S/C26H28F4O/c1-15-3-12-20(24(28)23(15)27)16-4-6-17(7-5-16)21-13-14-22(26(30)25(21)29)18-8-10-19(31-2)11-9-18/h3-7,12-14,18-19,23-26H,8-11H2,1-2H3. The van der Waals surface area contributed by atoms with E-state index in [-0.39, 0.29) is 23.2 Å². The molecule has 4 rings (SSSR count). The van der Waals surface area contributed by atoms with Crippen LogP contribution in [0.25, 0.3) is 11.1 Å². The first-order chi connectivity index (χ1) is 14.9. The van der Waals surface area contributed by atoms with Gasteiger partial charge in [-0.3, -0.25) is 0 Å². The second-order valence-corrected chi connectivity index (χ2v) is 8.72. The third-order valence-electron chi connectivity index (χ3n) is 6.87. The maximum atomic E-state index is 15.0. The van der Waals surface area contributed by atoms with Crippen LogP contribution in [0.2, 0.25) is 0 Å². The van der Waals surface area contributed by atoms with Gasteiger partial charge >= 0.3 is 0 Å². The molecule has 31 heavy (non-hydrogen) atoms. The summed E-state index contributed by atoms with van der Waals surface area (Å²) in [4.78, 5) is 0. The van der Waals surface area contributed by atoms with E-state index in [1.807, 2.05) is 0 Å². The average Bonchev–Trinajstić information content (AvgIpc) is 2.80. The van der Waals surface area contributed by atoms with Gasteiger partial charge in [0.25, 0.3) is 0 Å². The Balaban J connectivity index is 1.53. The fourth-order valence-electron chi connectivity index (χ4n) is 4.85. The minimum atomic E-state index is -1.74. The van der Waals surface area contributed by atoms with Gasteiger partial charge in [-0.1, -0.05) is 48.6 Å². The highest BCUT2D eigenvalue weighted by Gasteiger charge is 2.36. The van der Waals surface area contributed by atoms with Gasteiger partial charge in [0, 0.05) is 7.11 Å². The Kier molecular flexibility index (Phi) is 6.52. The van der Waals surface area contributed by atoms with E-state index in [4.69, 9.17) is 4.74 Å². The average molecular weight is 433 g/mol. The summed E-state index contributed by atoms with van der Waals surface area (Å²) in [7, 11) is 1.69. The number of alkyl halides is 4. The summed E-state index contributed by atoms with van der Waals surface area (Å²) < 4.78 is 63.8. The molecule has 5 heteroatoms. The molecule has 166 valence electrons. The number of ether oxygens (including phenoxy) is 1. The molecular formula is C26H28F4O. The van der Waals surface area contributed by atoms with Gasteiger partial charge in [-0.2, -0.15) is 0 Å². The molecule has 4 unspecified atom stereocenters. The Morgan fingerprint density at radius 3 is 1.74 bits per heavy atom. The van der Waals surface area contributed by atoms with Gasteiger partial charge in [0.15, 0.2) is 24.7 Å². The highest BCUT2D eigenvalue weighted by atomic mass is 19.2. The topological polar surface area (TPSA) is 9.23 Å². The zero-order valence-electron chi connectivity index (χ0n) is 17.8. The van der Waals surface area contributed by atoms with Crippen molar-refractivity contribution in [3.8, 4) is 0 Å². The first-order valence-corrected chi connectivity index (χ1v) is 10.9. The third-order valence-corrected chi connectivity index (χ3v) is 6.87. The van der Waals surface area contributed by atoms with Gasteiger partial charge in [0.05, 0.1) is 6.10 Å². The molecule has 0 aliphatic heterocycles. The zero-order valence-corrected chi connectivity index (χ0v) is 17.8. The lowest BCUT2D eigenvalue weighted by atomic mass is 9.77. The van der Waals surface area contributed by atoms with E-state index in [0.717, 1.165) is 25.7 Å². The van der Waals surface area contributed by atoms with E-state index in [1.165, 1.54) is 0 Å². The summed E-state index contributed by atoms with van der Waals surface area (Å²) in [5.74, 6) is 0.0460. The second-order valence-electron chi connectivity index (χ2n) is 8.72. The highest BCUT2D eigenvalue weighted by Crippen LogP contribution is 2.40. The Bertz CT molecular complexity index is 919. The van der Waals surface area contributed by atoms with Gasteiger partial charge < -0.3 is 4.74 Å². The summed E-state index contributed by atoms with van der Waals surface area (Å²) >= 11 is 0. The minimum absolute atomic E-state index is 0.0460. The van der Waals surface area contributed by atoms with Crippen molar-refractivity contribution < 1.29 is 22.3 Å². The van der Waals surface area contributed by atoms with Crippen molar-refractivity contribution in [2.45, 2.75) is 63.4 Å². The predicted octanol–water partition coefficient (Wildman–Crippen LogP) is 6.91. The molecule has 1 aromatic carbocycles. The summed E-state index contributed by atoms with van der Waals surface area (Å²) in [6, 6.07) is 6.58. The number of methoxy groups -OCH3 is 1. The Hall–Kier alpha value is -2.14. The Morgan fingerprint density at radius 2 is 1.19 bits per heavy atom. The quantitative estimate of drug-likeness (QED) is 0.470. The van der Waals surface area contributed by atoms with Crippen LogP contribution in [0.4, 0.5) is 17.6 Å². The van der Waals surface area contributed by atoms with Crippen LogP contribution < -0.4 is 0 Å². The molecule has 0 amide bonds. The van der Waals surface area contributed by atoms with E-state index in [9.17, 15) is 8.78 Å². The van der Waals surface area contributed by atoms with Crippen molar-refractivity contribution in [2.75, 3.05) is 7.11 Å². The summed E-state index contributed by atoms with van der Waals surface area (Å²) in [6.45, 7) is 1.56. The smallest absolute Gasteiger partial charge is 0.161 e. The summed E-state index contributed by atoms with van der Waals surface area (Å²) in [6.07, 6.45) is 3.28. The van der Waals surface area contributed by atoms with E-state index in [2.05, 4.69) is 0 Å². The van der Waals surface area contributed by atoms with Crippen LogP contribution in [-0.2, 0) is 4.74 Å². The molecular weight excluding hydrogens is 404 g/mol. The van der Waals surface area contributed by atoms with Gasteiger partial charge in [-0.25, -0.2) is 17.6 Å². The summed E-state index contributed by atoms with van der Waals surface area (Å²) in [5, 5.41) is 0. The van der Waals surface area contributed by atoms with Crippen LogP contribution in [0.1, 0.15) is 43.7 Å². The van der Waals surface area contributed by atoms with Crippen LogP contribution in [-0.4, -0.2) is 37.9 Å². The second kappa shape index (κ2) is 9.15. The molecule has 4 atom stereocenters. The molecule has 1 fully saturated rings. The van der Waals surface area contributed by atoms with Gasteiger partial charge in [0.2, 0.25) is 0 Å². The number of hydrogen-bond donors (Lipinski definition) is 0. The lowest BCUT2D eigenvalue weighted by Crippen LogP contribution is -2.31. The normalized spacial score (nSPS) is 33.9.